The Labute approximate surface area is 267 Å². The van der Waals surface area contributed by atoms with Crippen LogP contribution >= 0.6 is 23.1 Å². The first-order valence-electron chi connectivity index (χ1n) is 14.3. The van der Waals surface area contributed by atoms with E-state index in [1.807, 2.05) is 49.3 Å². The van der Waals surface area contributed by atoms with E-state index in [0.29, 0.717) is 26.8 Å². The molecule has 6 rings (SSSR count). The van der Waals surface area contributed by atoms with E-state index in [1.165, 1.54) is 21.2 Å². The number of para-hydroxylation sites is 1. The van der Waals surface area contributed by atoms with Gasteiger partial charge in [-0.3, -0.25) is 23.7 Å². The molecule has 2 aliphatic heterocycles. The molecule has 1 aromatic heterocycles. The van der Waals surface area contributed by atoms with Crippen LogP contribution in [0.1, 0.15) is 33.6 Å². The molecule has 0 aliphatic carbocycles. The van der Waals surface area contributed by atoms with Crippen molar-refractivity contribution in [3.63, 3.8) is 0 Å². The fourth-order valence-electron chi connectivity index (χ4n) is 5.67. The zero-order valence-corrected chi connectivity index (χ0v) is 26.4. The van der Waals surface area contributed by atoms with Crippen molar-refractivity contribution < 1.29 is 23.9 Å². The maximum atomic E-state index is 14.0. The monoisotopic (exact) mass is 642 g/mol. The van der Waals surface area contributed by atoms with Gasteiger partial charge in [-0.25, -0.2) is 9.69 Å². The summed E-state index contributed by atoms with van der Waals surface area (Å²) in [4.78, 5) is 69.9. The summed E-state index contributed by atoms with van der Waals surface area (Å²) < 4.78 is 6.38. The van der Waals surface area contributed by atoms with E-state index in [1.54, 1.807) is 55.5 Å². The van der Waals surface area contributed by atoms with Crippen LogP contribution in [0.25, 0.3) is 0 Å². The van der Waals surface area contributed by atoms with Crippen molar-refractivity contribution in [1.29, 1.82) is 0 Å². The van der Waals surface area contributed by atoms with Crippen molar-refractivity contribution in [2.75, 3.05) is 35.8 Å². The zero-order chi connectivity index (χ0) is 31.8. The van der Waals surface area contributed by atoms with Crippen molar-refractivity contribution in [1.82, 2.24) is 4.57 Å². The van der Waals surface area contributed by atoms with Gasteiger partial charge in [-0.15, -0.1) is 0 Å². The van der Waals surface area contributed by atoms with Gasteiger partial charge >= 0.3 is 10.8 Å². The van der Waals surface area contributed by atoms with E-state index < -0.39 is 29.0 Å². The Hall–Kier alpha value is -4.68. The number of hydrogen-bond acceptors (Lipinski definition) is 9. The molecule has 3 amide bonds. The molecule has 2 unspecified atom stereocenters. The topological polar surface area (TPSA) is 118 Å². The fraction of sp³-hybridized carbons (Fsp3) is 0.242. The number of nitrogens with zero attached hydrogens (tertiary/aromatic N) is 3. The number of anilines is 3. The Morgan fingerprint density at radius 3 is 2.24 bits per heavy atom. The lowest BCUT2D eigenvalue weighted by Gasteiger charge is -2.31. The standard InChI is InChI=1S/C33H30N4O6S2/c1-4-43-32(41)20-10-14-21(15-11-20)34-24(38)18-36-31-28(45-33(36)42)25(19-12-16-22(17-13-19)35(2)3)26-27(44-31)30(40)37(29(26)39)23-8-6-5-7-9-23/h5-17,25-27H,4,18H2,1-3H3,(H,34,38)/t25-,26?,27?/m1/s1. The molecule has 45 heavy (non-hydrogen) atoms. The molecule has 3 atom stereocenters. The van der Waals surface area contributed by atoms with Gasteiger partial charge in [-0.05, 0) is 61.0 Å². The molecule has 3 heterocycles. The van der Waals surface area contributed by atoms with Crippen LogP contribution in [0.5, 0.6) is 0 Å². The molecule has 0 saturated carbocycles. The number of thioether (sulfide) groups is 1. The number of hydrogen-bond donors (Lipinski definition) is 1. The van der Waals surface area contributed by atoms with Gasteiger partial charge < -0.3 is 15.0 Å². The number of nitrogens with one attached hydrogen (secondary N) is 1. The third-order valence-electron chi connectivity index (χ3n) is 7.81. The van der Waals surface area contributed by atoms with Gasteiger partial charge in [0.15, 0.2) is 0 Å². The third-order valence-corrected chi connectivity index (χ3v) is 10.4. The van der Waals surface area contributed by atoms with E-state index in [4.69, 9.17) is 4.74 Å². The Morgan fingerprint density at radius 1 is 0.911 bits per heavy atom. The average Bonchev–Trinajstić information content (AvgIpc) is 3.48. The lowest BCUT2D eigenvalue weighted by Crippen LogP contribution is -2.33. The molecular weight excluding hydrogens is 613 g/mol. The number of carbonyl (C=O) groups excluding carboxylic acids is 4. The first-order chi connectivity index (χ1) is 21.7. The minimum Gasteiger partial charge on any atom is -0.462 e. The highest BCUT2D eigenvalue weighted by molar-refractivity contribution is 8.00. The van der Waals surface area contributed by atoms with E-state index in [2.05, 4.69) is 5.32 Å². The molecule has 10 nitrogen and oxygen atoms in total. The number of ether oxygens (including phenoxy) is 1. The minimum absolute atomic E-state index is 0.253. The second kappa shape index (κ2) is 12.4. The summed E-state index contributed by atoms with van der Waals surface area (Å²) >= 11 is 2.17. The number of rotatable bonds is 8. The van der Waals surface area contributed by atoms with Gasteiger partial charge in [0, 0.05) is 36.3 Å². The maximum Gasteiger partial charge on any atom is 0.338 e. The summed E-state index contributed by atoms with van der Waals surface area (Å²) in [5.41, 5.74) is 3.09. The summed E-state index contributed by atoms with van der Waals surface area (Å²) in [5.74, 6) is -2.84. The normalized spacial score (nSPS) is 18.7. The smallest absolute Gasteiger partial charge is 0.338 e. The van der Waals surface area contributed by atoms with Crippen LogP contribution in [-0.2, 0) is 25.7 Å². The molecular formula is C33H30N4O6S2. The quantitative estimate of drug-likeness (QED) is 0.219. The summed E-state index contributed by atoms with van der Waals surface area (Å²) in [6, 6.07) is 22.9. The Balaban J connectivity index is 1.34. The second-order valence-electron chi connectivity index (χ2n) is 10.8. The summed E-state index contributed by atoms with van der Waals surface area (Å²) in [5, 5.41) is 2.51. The first kappa shape index (κ1) is 30.4. The van der Waals surface area contributed by atoms with Gasteiger partial charge in [-0.2, -0.15) is 0 Å². The molecule has 1 N–H and O–H groups in total. The number of carbonyl (C=O) groups is 4. The third kappa shape index (κ3) is 5.67. The van der Waals surface area contributed by atoms with E-state index in [-0.39, 0.29) is 29.8 Å². The maximum absolute atomic E-state index is 14.0. The van der Waals surface area contributed by atoms with Gasteiger partial charge in [0.25, 0.3) is 0 Å². The number of benzene rings is 3. The Kier molecular flexibility index (Phi) is 8.34. The van der Waals surface area contributed by atoms with Gasteiger partial charge in [0.1, 0.15) is 11.8 Å². The molecule has 1 saturated heterocycles. The summed E-state index contributed by atoms with van der Waals surface area (Å²) in [7, 11) is 3.87. The largest absolute Gasteiger partial charge is 0.462 e. The van der Waals surface area contributed by atoms with Crippen molar-refractivity contribution in [2.24, 2.45) is 5.92 Å². The number of thiazole rings is 1. The van der Waals surface area contributed by atoms with Crippen molar-refractivity contribution in [3.05, 3.63) is 105 Å². The molecule has 3 aromatic carbocycles. The molecule has 4 aromatic rings. The molecule has 0 spiro atoms. The Morgan fingerprint density at radius 2 is 1.60 bits per heavy atom. The summed E-state index contributed by atoms with van der Waals surface area (Å²) in [6.07, 6.45) is 0. The van der Waals surface area contributed by atoms with Gasteiger partial charge in [0.05, 0.1) is 28.8 Å². The highest BCUT2D eigenvalue weighted by Crippen LogP contribution is 2.54. The lowest BCUT2D eigenvalue weighted by molar-refractivity contribution is -0.122. The lowest BCUT2D eigenvalue weighted by atomic mass is 9.83. The highest BCUT2D eigenvalue weighted by Gasteiger charge is 2.56. The molecule has 12 heteroatoms. The molecule has 1 fully saturated rings. The first-order valence-corrected chi connectivity index (χ1v) is 16.0. The van der Waals surface area contributed by atoms with Crippen LogP contribution in [0.2, 0.25) is 0 Å². The molecule has 0 radical (unpaired) electrons. The second-order valence-corrected chi connectivity index (χ2v) is 13.0. The van der Waals surface area contributed by atoms with Crippen LogP contribution in [0.15, 0.2) is 88.7 Å². The predicted octanol–water partition coefficient (Wildman–Crippen LogP) is 4.59. The Bertz CT molecular complexity index is 1830. The number of aromatic nitrogens is 1. The van der Waals surface area contributed by atoms with Crippen molar-refractivity contribution >= 4 is 63.9 Å². The molecule has 230 valence electrons. The van der Waals surface area contributed by atoms with Crippen molar-refractivity contribution in [3.8, 4) is 0 Å². The van der Waals surface area contributed by atoms with Gasteiger partial charge in [-0.1, -0.05) is 53.4 Å². The molecule has 2 aliphatic rings. The van der Waals surface area contributed by atoms with Crippen LogP contribution in [0.4, 0.5) is 17.1 Å². The highest BCUT2D eigenvalue weighted by atomic mass is 32.2. The van der Waals surface area contributed by atoms with E-state index >= 15 is 0 Å². The van der Waals surface area contributed by atoms with Crippen LogP contribution in [0, 0.1) is 5.92 Å². The number of fused-ring (bicyclic) bond motifs is 2. The van der Waals surface area contributed by atoms with Crippen LogP contribution in [0.3, 0.4) is 0 Å². The number of amides is 3. The van der Waals surface area contributed by atoms with E-state index in [9.17, 15) is 24.0 Å². The fourth-order valence-corrected chi connectivity index (χ4v) is 8.45. The van der Waals surface area contributed by atoms with Gasteiger partial charge in [0.2, 0.25) is 17.7 Å². The number of esters is 1. The summed E-state index contributed by atoms with van der Waals surface area (Å²) in [6.45, 7) is 1.69. The van der Waals surface area contributed by atoms with E-state index in [0.717, 1.165) is 22.6 Å². The minimum atomic E-state index is -0.775. The average molecular weight is 643 g/mol. The predicted molar refractivity (Wildman–Crippen MR) is 174 cm³/mol. The van der Waals surface area contributed by atoms with Crippen molar-refractivity contribution in [2.45, 2.75) is 29.7 Å². The zero-order valence-electron chi connectivity index (χ0n) is 24.8. The molecule has 0 bridgehead atoms. The van der Waals surface area contributed by atoms with Crippen LogP contribution in [-0.4, -0.2) is 54.2 Å². The number of imide groups is 1. The SMILES string of the molecule is CCOC(=O)c1ccc(NC(=O)Cn2c3c(sc2=O)[C@H](c2ccc(N(C)C)cc2)C2C(=O)N(c4ccccc4)C(=O)C2S3)cc1. The van der Waals surface area contributed by atoms with Crippen LogP contribution < -0.4 is 20.0 Å².